The molecule has 0 radical (unpaired) electrons. The van der Waals surface area contributed by atoms with E-state index in [2.05, 4.69) is 15.6 Å². The van der Waals surface area contributed by atoms with Gasteiger partial charge in [0, 0.05) is 17.0 Å². The molecule has 9 nitrogen and oxygen atoms in total. The summed E-state index contributed by atoms with van der Waals surface area (Å²) in [6.45, 7) is -1.00. The van der Waals surface area contributed by atoms with Crippen LogP contribution in [0.25, 0.3) is 10.8 Å². The highest BCUT2D eigenvalue weighted by Gasteiger charge is 2.17. The second-order valence-corrected chi connectivity index (χ2v) is 5.97. The van der Waals surface area contributed by atoms with Gasteiger partial charge in [0.15, 0.2) is 11.4 Å². The van der Waals surface area contributed by atoms with E-state index in [1.807, 2.05) is 18.2 Å². The van der Waals surface area contributed by atoms with Crippen molar-refractivity contribution in [1.82, 2.24) is 15.6 Å². The monoisotopic (exact) mass is 395 g/mol. The molecular weight excluding hydrogens is 378 g/mol. The molecule has 0 unspecified atom stereocenters. The number of fused-ring (bicyclic) bond motifs is 1. The number of carboxylic acid groups (broad SMARTS) is 1. The van der Waals surface area contributed by atoms with Crippen molar-refractivity contribution in [3.63, 3.8) is 0 Å². The Morgan fingerprint density at radius 2 is 1.72 bits per heavy atom. The Kier molecular flexibility index (Phi) is 5.88. The van der Waals surface area contributed by atoms with Crippen LogP contribution in [0, 0.1) is 0 Å². The molecule has 0 bridgehead atoms. The summed E-state index contributed by atoms with van der Waals surface area (Å²) >= 11 is 0. The van der Waals surface area contributed by atoms with Crippen molar-refractivity contribution in [2.24, 2.45) is 0 Å². The lowest BCUT2D eigenvalue weighted by atomic mass is 10.1. The number of ether oxygens (including phenoxy) is 1. The SMILES string of the molecule is O=C(O)CNC(=O)CNC(=O)c1ncc2cc(Oc3ccccc3)ccc2c1O. The summed E-state index contributed by atoms with van der Waals surface area (Å²) in [6.07, 6.45) is 1.41. The van der Waals surface area contributed by atoms with Crippen molar-refractivity contribution < 1.29 is 29.3 Å². The molecule has 4 N–H and O–H groups in total. The number of rotatable bonds is 7. The van der Waals surface area contributed by atoms with E-state index in [1.54, 1.807) is 30.3 Å². The molecule has 9 heteroatoms. The molecule has 0 atom stereocenters. The number of para-hydroxylation sites is 1. The fraction of sp³-hybridized carbons (Fsp3) is 0.100. The maximum Gasteiger partial charge on any atom is 0.322 e. The second-order valence-electron chi connectivity index (χ2n) is 5.97. The van der Waals surface area contributed by atoms with Crippen molar-refractivity contribution in [2.75, 3.05) is 13.1 Å². The number of pyridine rings is 1. The lowest BCUT2D eigenvalue weighted by molar-refractivity contribution is -0.137. The van der Waals surface area contributed by atoms with Crippen molar-refractivity contribution in [3.05, 3.63) is 60.4 Å². The fourth-order valence-electron chi connectivity index (χ4n) is 2.52. The molecule has 148 valence electrons. The third kappa shape index (κ3) is 4.98. The van der Waals surface area contributed by atoms with Crippen LogP contribution in [0.3, 0.4) is 0 Å². The van der Waals surface area contributed by atoms with Crippen molar-refractivity contribution in [3.8, 4) is 17.2 Å². The Bertz CT molecular complexity index is 1070. The van der Waals surface area contributed by atoms with E-state index < -0.39 is 30.9 Å². The molecule has 1 heterocycles. The van der Waals surface area contributed by atoms with Crippen LogP contribution < -0.4 is 15.4 Å². The number of hydrogen-bond donors (Lipinski definition) is 4. The number of nitrogens with one attached hydrogen (secondary N) is 2. The molecule has 2 aromatic carbocycles. The summed E-state index contributed by atoms with van der Waals surface area (Å²) < 4.78 is 5.73. The average molecular weight is 395 g/mol. The molecule has 0 saturated heterocycles. The smallest absolute Gasteiger partial charge is 0.322 e. The van der Waals surface area contributed by atoms with Crippen LogP contribution >= 0.6 is 0 Å². The van der Waals surface area contributed by atoms with Gasteiger partial charge in [-0.2, -0.15) is 0 Å². The molecule has 2 amide bonds. The van der Waals surface area contributed by atoms with E-state index in [9.17, 15) is 19.5 Å². The van der Waals surface area contributed by atoms with Gasteiger partial charge in [-0.15, -0.1) is 0 Å². The molecule has 29 heavy (non-hydrogen) atoms. The van der Waals surface area contributed by atoms with Gasteiger partial charge in [0.25, 0.3) is 5.91 Å². The van der Waals surface area contributed by atoms with Crippen LogP contribution in [0.2, 0.25) is 0 Å². The first-order valence-electron chi connectivity index (χ1n) is 8.55. The standard InChI is InChI=1S/C20H17N3O6/c24-16(21-11-17(25)26)10-23-20(28)18-19(27)15-7-6-14(8-12(15)9-22-18)29-13-4-2-1-3-5-13/h1-9,27H,10-11H2,(H,21,24)(H,23,28)(H,25,26). The minimum Gasteiger partial charge on any atom is -0.505 e. The Morgan fingerprint density at radius 3 is 2.45 bits per heavy atom. The largest absolute Gasteiger partial charge is 0.505 e. The Hall–Kier alpha value is -4.14. The van der Waals surface area contributed by atoms with Crippen LogP contribution in [0.5, 0.6) is 17.2 Å². The predicted molar refractivity (Wildman–Crippen MR) is 103 cm³/mol. The highest BCUT2D eigenvalue weighted by molar-refractivity contribution is 6.02. The third-order valence-electron chi connectivity index (χ3n) is 3.88. The predicted octanol–water partition coefficient (Wildman–Crippen LogP) is 1.66. The highest BCUT2D eigenvalue weighted by atomic mass is 16.5. The maximum atomic E-state index is 12.2. The number of aromatic nitrogens is 1. The molecule has 3 aromatic rings. The number of aromatic hydroxyl groups is 1. The zero-order valence-electron chi connectivity index (χ0n) is 15.1. The van der Waals surface area contributed by atoms with E-state index in [0.29, 0.717) is 22.3 Å². The lowest BCUT2D eigenvalue weighted by Gasteiger charge is -2.10. The third-order valence-corrected chi connectivity index (χ3v) is 3.88. The lowest BCUT2D eigenvalue weighted by Crippen LogP contribution is -2.39. The minimum absolute atomic E-state index is 0.250. The number of carbonyl (C=O) groups is 3. The summed E-state index contributed by atoms with van der Waals surface area (Å²) in [5.41, 5.74) is -0.250. The van der Waals surface area contributed by atoms with Gasteiger partial charge in [-0.1, -0.05) is 18.2 Å². The number of aliphatic carboxylic acids is 1. The summed E-state index contributed by atoms with van der Waals surface area (Å²) in [7, 11) is 0. The number of nitrogens with zero attached hydrogens (tertiary/aromatic N) is 1. The summed E-state index contributed by atoms with van der Waals surface area (Å²) in [5.74, 6) is -1.78. The van der Waals surface area contributed by atoms with Crippen LogP contribution in [0.15, 0.2) is 54.7 Å². The molecule has 0 spiro atoms. The van der Waals surface area contributed by atoms with Gasteiger partial charge in [-0.05, 0) is 30.3 Å². The van der Waals surface area contributed by atoms with Gasteiger partial charge in [0.1, 0.15) is 18.0 Å². The topological polar surface area (TPSA) is 138 Å². The minimum atomic E-state index is -1.20. The summed E-state index contributed by atoms with van der Waals surface area (Å²) in [5, 5.41) is 24.2. The number of hydrogen-bond acceptors (Lipinski definition) is 6. The normalized spacial score (nSPS) is 10.3. The van der Waals surface area contributed by atoms with Crippen LogP contribution in [-0.2, 0) is 9.59 Å². The second kappa shape index (κ2) is 8.70. The average Bonchev–Trinajstić information content (AvgIpc) is 2.71. The van der Waals surface area contributed by atoms with Crippen LogP contribution in [0.1, 0.15) is 10.5 Å². The Balaban J connectivity index is 1.72. The van der Waals surface area contributed by atoms with Gasteiger partial charge in [-0.25, -0.2) is 4.98 Å². The Labute approximate surface area is 165 Å². The summed E-state index contributed by atoms with van der Waals surface area (Å²) in [4.78, 5) is 38.1. The molecular formula is C20H17N3O6. The molecule has 3 rings (SSSR count). The Morgan fingerprint density at radius 1 is 0.966 bits per heavy atom. The van der Waals surface area contributed by atoms with E-state index in [4.69, 9.17) is 9.84 Å². The number of benzene rings is 2. The molecule has 0 aliphatic carbocycles. The molecule has 0 aliphatic rings. The first-order chi connectivity index (χ1) is 13.9. The van der Waals surface area contributed by atoms with E-state index in [1.165, 1.54) is 6.20 Å². The zero-order valence-corrected chi connectivity index (χ0v) is 15.1. The van der Waals surface area contributed by atoms with E-state index >= 15 is 0 Å². The van der Waals surface area contributed by atoms with Gasteiger partial charge >= 0.3 is 5.97 Å². The van der Waals surface area contributed by atoms with Crippen molar-refractivity contribution in [1.29, 1.82) is 0 Å². The first kappa shape index (κ1) is 19.6. The van der Waals surface area contributed by atoms with Crippen LogP contribution in [0.4, 0.5) is 0 Å². The van der Waals surface area contributed by atoms with Crippen molar-refractivity contribution >= 4 is 28.6 Å². The first-order valence-corrected chi connectivity index (χ1v) is 8.55. The molecule has 1 aromatic heterocycles. The summed E-state index contributed by atoms with van der Waals surface area (Å²) in [6, 6.07) is 14.1. The van der Waals surface area contributed by atoms with Gasteiger partial charge in [-0.3, -0.25) is 14.4 Å². The van der Waals surface area contributed by atoms with E-state index in [0.717, 1.165) is 0 Å². The van der Waals surface area contributed by atoms with Crippen molar-refractivity contribution in [2.45, 2.75) is 0 Å². The van der Waals surface area contributed by atoms with Gasteiger partial charge in [0.05, 0.1) is 6.54 Å². The molecule has 0 aliphatic heterocycles. The number of carboxylic acids is 1. The van der Waals surface area contributed by atoms with Gasteiger partial charge in [0.2, 0.25) is 5.91 Å². The maximum absolute atomic E-state index is 12.2. The highest BCUT2D eigenvalue weighted by Crippen LogP contribution is 2.31. The fourth-order valence-corrected chi connectivity index (χ4v) is 2.52. The van der Waals surface area contributed by atoms with Crippen LogP contribution in [-0.4, -0.2) is 46.1 Å². The number of amides is 2. The zero-order chi connectivity index (χ0) is 20.8. The number of carbonyl (C=O) groups excluding carboxylic acids is 2. The molecule has 0 fully saturated rings. The van der Waals surface area contributed by atoms with Gasteiger partial charge < -0.3 is 25.6 Å². The molecule has 0 saturated carbocycles. The quantitative estimate of drug-likeness (QED) is 0.477. The van der Waals surface area contributed by atoms with E-state index in [-0.39, 0.29) is 11.4 Å².